The third-order valence-corrected chi connectivity index (χ3v) is 2.75. The Kier molecular flexibility index (Phi) is 2.64. The average Bonchev–Trinajstić information content (AvgIpc) is 2.67. The first-order valence-electron chi connectivity index (χ1n) is 5.14. The standard InChI is InChI=1S/C12H14FN3/c1-8-3-4-10(7-11(8)13)9(2)16-12(14)5-6-15-16/h3-7,9H,14H2,1-2H3. The van der Waals surface area contributed by atoms with Gasteiger partial charge in [-0.3, -0.25) is 0 Å². The molecular weight excluding hydrogens is 205 g/mol. The monoisotopic (exact) mass is 219 g/mol. The Balaban J connectivity index is 2.38. The molecule has 3 nitrogen and oxygen atoms in total. The van der Waals surface area contributed by atoms with E-state index in [1.165, 1.54) is 6.07 Å². The summed E-state index contributed by atoms with van der Waals surface area (Å²) < 4.78 is 15.1. The number of hydrogen-bond donors (Lipinski definition) is 1. The van der Waals surface area contributed by atoms with Crippen molar-refractivity contribution < 1.29 is 4.39 Å². The summed E-state index contributed by atoms with van der Waals surface area (Å²) in [5.41, 5.74) is 7.26. The van der Waals surface area contributed by atoms with E-state index in [9.17, 15) is 4.39 Å². The normalized spacial score (nSPS) is 12.7. The number of aryl methyl sites for hydroxylation is 1. The zero-order valence-electron chi connectivity index (χ0n) is 9.31. The highest BCUT2D eigenvalue weighted by Crippen LogP contribution is 2.21. The molecule has 0 saturated carbocycles. The third kappa shape index (κ3) is 1.78. The van der Waals surface area contributed by atoms with Crippen LogP contribution in [0.5, 0.6) is 0 Å². The maximum Gasteiger partial charge on any atom is 0.126 e. The molecule has 0 amide bonds. The summed E-state index contributed by atoms with van der Waals surface area (Å²) in [5, 5.41) is 4.11. The Bertz CT molecular complexity index is 505. The number of aromatic nitrogens is 2. The van der Waals surface area contributed by atoms with E-state index in [1.807, 2.05) is 13.0 Å². The van der Waals surface area contributed by atoms with Gasteiger partial charge in [-0.15, -0.1) is 0 Å². The molecule has 0 radical (unpaired) electrons. The zero-order valence-corrected chi connectivity index (χ0v) is 9.31. The second-order valence-electron chi connectivity index (χ2n) is 3.89. The minimum atomic E-state index is -0.199. The van der Waals surface area contributed by atoms with E-state index in [0.29, 0.717) is 11.4 Å². The lowest BCUT2D eigenvalue weighted by molar-refractivity contribution is 0.561. The van der Waals surface area contributed by atoms with E-state index in [-0.39, 0.29) is 11.9 Å². The summed E-state index contributed by atoms with van der Waals surface area (Å²) in [5.74, 6) is 0.378. The van der Waals surface area contributed by atoms with E-state index in [0.717, 1.165) is 5.56 Å². The van der Waals surface area contributed by atoms with Crippen LogP contribution in [0.25, 0.3) is 0 Å². The number of halogens is 1. The first-order chi connectivity index (χ1) is 7.59. The van der Waals surface area contributed by atoms with Gasteiger partial charge in [0.05, 0.1) is 12.2 Å². The number of nitrogen functional groups attached to an aromatic ring is 1. The molecule has 0 spiro atoms. The second-order valence-corrected chi connectivity index (χ2v) is 3.89. The number of rotatable bonds is 2. The highest BCUT2D eigenvalue weighted by molar-refractivity contribution is 5.31. The lowest BCUT2D eigenvalue weighted by atomic mass is 10.1. The predicted octanol–water partition coefficient (Wildman–Crippen LogP) is 2.52. The molecular formula is C12H14FN3. The Hall–Kier alpha value is -1.84. The van der Waals surface area contributed by atoms with E-state index >= 15 is 0 Å². The zero-order chi connectivity index (χ0) is 11.7. The topological polar surface area (TPSA) is 43.8 Å². The second kappa shape index (κ2) is 3.96. The number of nitrogens with zero attached hydrogens (tertiary/aromatic N) is 2. The van der Waals surface area contributed by atoms with Crippen LogP contribution in [0.1, 0.15) is 24.1 Å². The van der Waals surface area contributed by atoms with E-state index in [2.05, 4.69) is 5.10 Å². The van der Waals surface area contributed by atoms with E-state index in [4.69, 9.17) is 5.73 Å². The van der Waals surface area contributed by atoms with Crippen molar-refractivity contribution in [3.05, 3.63) is 47.4 Å². The van der Waals surface area contributed by atoms with Gasteiger partial charge in [-0.25, -0.2) is 9.07 Å². The minimum Gasteiger partial charge on any atom is -0.384 e. The smallest absolute Gasteiger partial charge is 0.126 e. The number of anilines is 1. The first kappa shape index (κ1) is 10.7. The summed E-state index contributed by atoms with van der Waals surface area (Å²) in [6.07, 6.45) is 1.64. The quantitative estimate of drug-likeness (QED) is 0.843. The van der Waals surface area contributed by atoms with Crippen molar-refractivity contribution in [2.45, 2.75) is 19.9 Å². The van der Waals surface area contributed by atoms with Gasteiger partial charge in [0.1, 0.15) is 11.6 Å². The molecule has 2 N–H and O–H groups in total. The Morgan fingerprint density at radius 2 is 2.12 bits per heavy atom. The van der Waals surface area contributed by atoms with Gasteiger partial charge in [0, 0.05) is 0 Å². The van der Waals surface area contributed by atoms with Gasteiger partial charge in [0.25, 0.3) is 0 Å². The van der Waals surface area contributed by atoms with Crippen molar-refractivity contribution in [3.8, 4) is 0 Å². The van der Waals surface area contributed by atoms with E-state index < -0.39 is 0 Å². The van der Waals surface area contributed by atoms with Crippen LogP contribution in [0.15, 0.2) is 30.5 Å². The van der Waals surface area contributed by atoms with Gasteiger partial charge < -0.3 is 5.73 Å². The molecule has 0 aliphatic carbocycles. The number of nitrogens with two attached hydrogens (primary N) is 1. The Labute approximate surface area is 93.7 Å². The van der Waals surface area contributed by atoms with Crippen molar-refractivity contribution in [2.75, 3.05) is 5.73 Å². The number of benzene rings is 1. The average molecular weight is 219 g/mol. The number of hydrogen-bond acceptors (Lipinski definition) is 2. The van der Waals surface area contributed by atoms with Crippen LogP contribution in [0.2, 0.25) is 0 Å². The van der Waals surface area contributed by atoms with Crippen LogP contribution >= 0.6 is 0 Å². The SMILES string of the molecule is Cc1ccc(C(C)n2nccc2N)cc1F. The largest absolute Gasteiger partial charge is 0.384 e. The lowest BCUT2D eigenvalue weighted by Crippen LogP contribution is -2.11. The summed E-state index contributed by atoms with van der Waals surface area (Å²) in [6, 6.07) is 6.85. The highest BCUT2D eigenvalue weighted by Gasteiger charge is 2.11. The van der Waals surface area contributed by atoms with Crippen molar-refractivity contribution in [3.63, 3.8) is 0 Å². The molecule has 4 heteroatoms. The summed E-state index contributed by atoms with van der Waals surface area (Å²) in [6.45, 7) is 3.68. The minimum absolute atomic E-state index is 0.0647. The van der Waals surface area contributed by atoms with Crippen molar-refractivity contribution >= 4 is 5.82 Å². The molecule has 1 atom stereocenters. The Morgan fingerprint density at radius 1 is 1.38 bits per heavy atom. The molecule has 84 valence electrons. The molecule has 0 aliphatic heterocycles. The molecule has 0 saturated heterocycles. The van der Waals surface area contributed by atoms with Crippen molar-refractivity contribution in [1.29, 1.82) is 0 Å². The van der Waals surface area contributed by atoms with Gasteiger partial charge >= 0.3 is 0 Å². The first-order valence-corrected chi connectivity index (χ1v) is 5.14. The summed E-state index contributed by atoms with van der Waals surface area (Å²) in [4.78, 5) is 0. The maximum atomic E-state index is 13.4. The highest BCUT2D eigenvalue weighted by atomic mass is 19.1. The van der Waals surface area contributed by atoms with Crippen LogP contribution in [-0.4, -0.2) is 9.78 Å². The van der Waals surface area contributed by atoms with Crippen LogP contribution in [-0.2, 0) is 0 Å². The van der Waals surface area contributed by atoms with Crippen LogP contribution < -0.4 is 5.73 Å². The van der Waals surface area contributed by atoms with Crippen molar-refractivity contribution in [1.82, 2.24) is 9.78 Å². The molecule has 1 unspecified atom stereocenters. The molecule has 1 aromatic carbocycles. The fourth-order valence-electron chi connectivity index (χ4n) is 1.66. The maximum absolute atomic E-state index is 13.4. The molecule has 0 bridgehead atoms. The summed E-state index contributed by atoms with van der Waals surface area (Å²) in [7, 11) is 0. The fourth-order valence-corrected chi connectivity index (χ4v) is 1.66. The van der Waals surface area contributed by atoms with Gasteiger partial charge in [0.15, 0.2) is 0 Å². The summed E-state index contributed by atoms with van der Waals surface area (Å²) >= 11 is 0. The van der Waals surface area contributed by atoms with Gasteiger partial charge in [-0.2, -0.15) is 5.10 Å². The Morgan fingerprint density at radius 3 is 2.69 bits per heavy atom. The van der Waals surface area contributed by atoms with Crippen LogP contribution in [0, 0.1) is 12.7 Å². The van der Waals surface area contributed by atoms with Gasteiger partial charge in [-0.05, 0) is 37.1 Å². The van der Waals surface area contributed by atoms with Crippen LogP contribution in [0.4, 0.5) is 10.2 Å². The fraction of sp³-hybridized carbons (Fsp3) is 0.250. The molecule has 1 heterocycles. The lowest BCUT2D eigenvalue weighted by Gasteiger charge is -2.14. The molecule has 2 rings (SSSR count). The molecule has 1 aromatic heterocycles. The van der Waals surface area contributed by atoms with Crippen LogP contribution in [0.3, 0.4) is 0 Å². The molecule has 0 aliphatic rings. The molecule has 2 aromatic rings. The van der Waals surface area contributed by atoms with Crippen molar-refractivity contribution in [2.24, 2.45) is 0 Å². The van der Waals surface area contributed by atoms with Gasteiger partial charge in [-0.1, -0.05) is 12.1 Å². The molecule has 0 fully saturated rings. The third-order valence-electron chi connectivity index (χ3n) is 2.75. The van der Waals surface area contributed by atoms with E-state index in [1.54, 1.807) is 29.9 Å². The van der Waals surface area contributed by atoms with Gasteiger partial charge in [0.2, 0.25) is 0 Å². The molecule has 16 heavy (non-hydrogen) atoms. The predicted molar refractivity (Wildman–Crippen MR) is 61.6 cm³/mol.